The molecule has 0 radical (unpaired) electrons. The Morgan fingerprint density at radius 3 is 1.63 bits per heavy atom. The summed E-state index contributed by atoms with van der Waals surface area (Å²) in [4.78, 5) is 0. The highest BCUT2D eigenvalue weighted by Crippen LogP contribution is 2.36. The molecule has 0 aliphatic heterocycles. The van der Waals surface area contributed by atoms with E-state index in [1.165, 1.54) is 27.8 Å². The lowest BCUT2D eigenvalue weighted by Gasteiger charge is -2.26. The van der Waals surface area contributed by atoms with E-state index in [0.29, 0.717) is 17.8 Å². The highest BCUT2D eigenvalue weighted by Gasteiger charge is 2.21. The first kappa shape index (κ1) is 16.2. The molecule has 108 valence electrons. The molecule has 1 rings (SSSR count). The summed E-state index contributed by atoms with van der Waals surface area (Å²) in [5, 5.41) is 9.85. The largest absolute Gasteiger partial charge is 0.392 e. The summed E-state index contributed by atoms with van der Waals surface area (Å²) in [5.41, 5.74) is 6.81. The lowest BCUT2D eigenvalue weighted by molar-refractivity contribution is 0.278. The first-order valence-electron chi connectivity index (χ1n) is 7.64. The van der Waals surface area contributed by atoms with Crippen LogP contribution in [0.5, 0.6) is 0 Å². The normalized spacial score (nSPS) is 11.9. The van der Waals surface area contributed by atoms with Gasteiger partial charge < -0.3 is 5.11 Å². The molecule has 0 fully saturated rings. The SMILES string of the molecule is CCc1c(C(C)C)cc(C(C)C)c(CO)c1C(C)C. The van der Waals surface area contributed by atoms with E-state index in [1.807, 2.05) is 0 Å². The van der Waals surface area contributed by atoms with Crippen molar-refractivity contribution < 1.29 is 5.11 Å². The van der Waals surface area contributed by atoms with Crippen LogP contribution in [0, 0.1) is 0 Å². The second kappa shape index (κ2) is 6.56. The fourth-order valence-corrected chi connectivity index (χ4v) is 3.13. The van der Waals surface area contributed by atoms with Crippen molar-refractivity contribution in [1.29, 1.82) is 0 Å². The summed E-state index contributed by atoms with van der Waals surface area (Å²) in [5.74, 6) is 1.47. The summed E-state index contributed by atoms with van der Waals surface area (Å²) >= 11 is 0. The Balaban J connectivity index is 3.71. The summed E-state index contributed by atoms with van der Waals surface area (Å²) in [6.07, 6.45) is 1.05. The molecule has 0 saturated heterocycles. The second-order valence-corrected chi connectivity index (χ2v) is 6.40. The lowest BCUT2D eigenvalue weighted by Crippen LogP contribution is -2.11. The molecule has 0 aliphatic carbocycles. The van der Waals surface area contributed by atoms with Crippen LogP contribution in [0.3, 0.4) is 0 Å². The van der Waals surface area contributed by atoms with Crippen molar-refractivity contribution in [2.24, 2.45) is 0 Å². The Hall–Kier alpha value is -0.820. The van der Waals surface area contributed by atoms with Crippen molar-refractivity contribution in [3.05, 3.63) is 33.9 Å². The molecule has 0 atom stereocenters. The molecule has 0 heterocycles. The van der Waals surface area contributed by atoms with E-state index < -0.39 is 0 Å². The van der Waals surface area contributed by atoms with Gasteiger partial charge in [0.2, 0.25) is 0 Å². The van der Waals surface area contributed by atoms with Crippen LogP contribution in [0.1, 0.15) is 94.0 Å². The van der Waals surface area contributed by atoms with Gasteiger partial charge in [-0.3, -0.25) is 0 Å². The summed E-state index contributed by atoms with van der Waals surface area (Å²) in [6, 6.07) is 2.34. The predicted octanol–water partition coefficient (Wildman–Crippen LogP) is 5.11. The molecular weight excluding hydrogens is 232 g/mol. The van der Waals surface area contributed by atoms with E-state index in [4.69, 9.17) is 0 Å². The van der Waals surface area contributed by atoms with Crippen LogP contribution in [0.25, 0.3) is 0 Å². The van der Waals surface area contributed by atoms with Gasteiger partial charge in [0.25, 0.3) is 0 Å². The molecule has 19 heavy (non-hydrogen) atoms. The summed E-state index contributed by atoms with van der Waals surface area (Å²) in [7, 11) is 0. The quantitative estimate of drug-likeness (QED) is 0.781. The van der Waals surface area contributed by atoms with E-state index in [-0.39, 0.29) is 6.61 Å². The Labute approximate surface area is 119 Å². The molecule has 0 amide bonds. The van der Waals surface area contributed by atoms with Crippen molar-refractivity contribution in [3.63, 3.8) is 0 Å². The zero-order valence-electron chi connectivity index (χ0n) is 13.7. The Morgan fingerprint density at radius 1 is 0.842 bits per heavy atom. The third-order valence-corrected chi connectivity index (χ3v) is 3.99. The molecule has 1 nitrogen and oxygen atoms in total. The fourth-order valence-electron chi connectivity index (χ4n) is 3.13. The summed E-state index contributed by atoms with van der Waals surface area (Å²) in [6.45, 7) is 15.8. The molecular formula is C18H30O. The number of hydrogen-bond acceptors (Lipinski definition) is 1. The van der Waals surface area contributed by atoms with Gasteiger partial charge in [0.15, 0.2) is 0 Å². The average Bonchev–Trinajstić information content (AvgIpc) is 2.35. The molecule has 0 saturated carbocycles. The van der Waals surface area contributed by atoms with Gasteiger partial charge in [-0.25, -0.2) is 0 Å². The van der Waals surface area contributed by atoms with Gasteiger partial charge in [-0.05, 0) is 52.0 Å². The Kier molecular flexibility index (Phi) is 5.61. The zero-order chi connectivity index (χ0) is 14.7. The van der Waals surface area contributed by atoms with Crippen molar-refractivity contribution >= 4 is 0 Å². The number of rotatable bonds is 5. The van der Waals surface area contributed by atoms with Crippen LogP contribution < -0.4 is 0 Å². The Morgan fingerprint density at radius 2 is 1.32 bits per heavy atom. The smallest absolute Gasteiger partial charge is 0.0687 e. The van der Waals surface area contributed by atoms with Crippen molar-refractivity contribution in [3.8, 4) is 0 Å². The van der Waals surface area contributed by atoms with Crippen LogP contribution >= 0.6 is 0 Å². The molecule has 0 spiro atoms. The number of benzene rings is 1. The zero-order valence-corrected chi connectivity index (χ0v) is 13.7. The van der Waals surface area contributed by atoms with Crippen molar-refractivity contribution in [2.75, 3.05) is 0 Å². The van der Waals surface area contributed by atoms with Crippen LogP contribution in [-0.4, -0.2) is 5.11 Å². The van der Waals surface area contributed by atoms with Gasteiger partial charge in [0.05, 0.1) is 6.61 Å². The minimum atomic E-state index is 0.159. The Bertz CT molecular complexity index is 394. The molecule has 1 aromatic rings. The fraction of sp³-hybridized carbons (Fsp3) is 0.667. The van der Waals surface area contributed by atoms with E-state index in [1.54, 1.807) is 0 Å². The molecule has 1 N–H and O–H groups in total. The van der Waals surface area contributed by atoms with E-state index in [9.17, 15) is 5.11 Å². The highest BCUT2D eigenvalue weighted by molar-refractivity contribution is 5.49. The highest BCUT2D eigenvalue weighted by atomic mass is 16.3. The third kappa shape index (κ3) is 3.20. The lowest BCUT2D eigenvalue weighted by atomic mass is 9.79. The van der Waals surface area contributed by atoms with Crippen molar-refractivity contribution in [1.82, 2.24) is 0 Å². The molecule has 0 bridgehead atoms. The molecule has 0 aromatic heterocycles. The third-order valence-electron chi connectivity index (χ3n) is 3.99. The summed E-state index contributed by atoms with van der Waals surface area (Å²) < 4.78 is 0. The molecule has 0 unspecified atom stereocenters. The molecule has 1 heteroatoms. The van der Waals surface area contributed by atoms with Gasteiger partial charge in [-0.2, -0.15) is 0 Å². The van der Waals surface area contributed by atoms with Crippen LogP contribution in [-0.2, 0) is 13.0 Å². The van der Waals surface area contributed by atoms with E-state index in [2.05, 4.69) is 54.5 Å². The van der Waals surface area contributed by atoms with Gasteiger partial charge in [-0.1, -0.05) is 54.5 Å². The monoisotopic (exact) mass is 262 g/mol. The van der Waals surface area contributed by atoms with Crippen LogP contribution in [0.15, 0.2) is 6.07 Å². The van der Waals surface area contributed by atoms with Gasteiger partial charge >= 0.3 is 0 Å². The maximum absolute atomic E-state index is 9.85. The number of aliphatic hydroxyl groups is 1. The molecule has 0 aliphatic rings. The maximum atomic E-state index is 9.85. The first-order chi connectivity index (χ1) is 8.84. The van der Waals surface area contributed by atoms with Crippen LogP contribution in [0.4, 0.5) is 0 Å². The molecule has 1 aromatic carbocycles. The minimum Gasteiger partial charge on any atom is -0.392 e. The predicted molar refractivity (Wildman–Crippen MR) is 84.0 cm³/mol. The first-order valence-corrected chi connectivity index (χ1v) is 7.64. The average molecular weight is 262 g/mol. The number of hydrogen-bond donors (Lipinski definition) is 1. The van der Waals surface area contributed by atoms with E-state index in [0.717, 1.165) is 6.42 Å². The second-order valence-electron chi connectivity index (χ2n) is 6.40. The maximum Gasteiger partial charge on any atom is 0.0687 e. The van der Waals surface area contributed by atoms with Gasteiger partial charge in [0.1, 0.15) is 0 Å². The van der Waals surface area contributed by atoms with Gasteiger partial charge in [0, 0.05) is 0 Å². The minimum absolute atomic E-state index is 0.159. The van der Waals surface area contributed by atoms with Crippen molar-refractivity contribution in [2.45, 2.75) is 79.2 Å². The standard InChI is InChI=1S/C18H30O/c1-8-14-15(11(2)3)9-16(12(4)5)17(10-19)18(14)13(6)7/h9,11-13,19H,8,10H2,1-7H3. The topological polar surface area (TPSA) is 20.2 Å². The van der Waals surface area contributed by atoms with E-state index >= 15 is 0 Å². The number of aliphatic hydroxyl groups excluding tert-OH is 1. The van der Waals surface area contributed by atoms with Crippen LogP contribution in [0.2, 0.25) is 0 Å². The van der Waals surface area contributed by atoms with Gasteiger partial charge in [-0.15, -0.1) is 0 Å².